The second-order valence-corrected chi connectivity index (χ2v) is 13.2. The van der Waals surface area contributed by atoms with Crippen LogP contribution in [0.2, 0.25) is 0 Å². The predicted molar refractivity (Wildman–Crippen MR) is 156 cm³/mol. The van der Waals surface area contributed by atoms with Gasteiger partial charge in [-0.15, -0.1) is 0 Å². The van der Waals surface area contributed by atoms with E-state index >= 15 is 0 Å². The van der Waals surface area contributed by atoms with Crippen LogP contribution in [0.25, 0.3) is 0 Å². The zero-order chi connectivity index (χ0) is 27.7. The van der Waals surface area contributed by atoms with E-state index in [1.54, 1.807) is 21.9 Å². The van der Waals surface area contributed by atoms with Crippen molar-refractivity contribution in [2.75, 3.05) is 22.9 Å². The summed E-state index contributed by atoms with van der Waals surface area (Å²) in [4.78, 5) is 30.9. The number of amides is 2. The average molecular weight is 611 g/mol. The first kappa shape index (κ1) is 27.6. The molecular formula is C30H32BrN3O4S. The van der Waals surface area contributed by atoms with Gasteiger partial charge in [0.05, 0.1) is 22.8 Å². The molecule has 3 aromatic carbocycles. The number of halogens is 1. The zero-order valence-corrected chi connectivity index (χ0v) is 24.5. The van der Waals surface area contributed by atoms with Crippen molar-refractivity contribution in [1.82, 2.24) is 4.31 Å². The molecule has 204 valence electrons. The fraction of sp³-hybridized carbons (Fsp3) is 0.333. The van der Waals surface area contributed by atoms with Gasteiger partial charge in [0, 0.05) is 35.6 Å². The molecule has 0 aliphatic carbocycles. The molecule has 0 radical (unpaired) electrons. The number of carbonyl (C=O) groups excluding carboxylic acids is 2. The van der Waals surface area contributed by atoms with Crippen LogP contribution in [-0.2, 0) is 21.4 Å². The summed E-state index contributed by atoms with van der Waals surface area (Å²) in [5.74, 6) is 0.0644. The second-order valence-electron chi connectivity index (χ2n) is 10.4. The summed E-state index contributed by atoms with van der Waals surface area (Å²) < 4.78 is 29.1. The highest BCUT2D eigenvalue weighted by atomic mass is 79.9. The Kier molecular flexibility index (Phi) is 7.94. The van der Waals surface area contributed by atoms with Crippen molar-refractivity contribution < 1.29 is 18.0 Å². The standard InChI is InChI=1S/C30H32BrN3O4S/c1-21-14-16-32(17-15-21)39(37,38)28-19-24(12-13-25(28)31)30(36)34-22(2)18-29(35)33(20-23-8-4-3-5-9-23)26-10-6-7-11-27(26)34/h3-13,19,21-22H,14-18,20H2,1-2H3. The molecule has 0 spiro atoms. The summed E-state index contributed by atoms with van der Waals surface area (Å²) in [6, 6.07) is 21.4. The number of sulfonamides is 1. The van der Waals surface area contributed by atoms with Gasteiger partial charge in [0.1, 0.15) is 0 Å². The van der Waals surface area contributed by atoms with E-state index in [1.165, 1.54) is 10.4 Å². The third-order valence-corrected chi connectivity index (χ3v) is 10.5. The normalized spacial score (nSPS) is 19.1. The quantitative estimate of drug-likeness (QED) is 0.364. The van der Waals surface area contributed by atoms with E-state index in [1.807, 2.05) is 61.5 Å². The van der Waals surface area contributed by atoms with Crippen molar-refractivity contribution in [3.63, 3.8) is 0 Å². The van der Waals surface area contributed by atoms with Crippen LogP contribution < -0.4 is 9.80 Å². The highest BCUT2D eigenvalue weighted by Crippen LogP contribution is 2.37. The topological polar surface area (TPSA) is 78.0 Å². The van der Waals surface area contributed by atoms with Gasteiger partial charge < -0.3 is 9.80 Å². The maximum atomic E-state index is 14.1. The number of piperidine rings is 1. The minimum absolute atomic E-state index is 0.0764. The molecule has 1 unspecified atom stereocenters. The highest BCUT2D eigenvalue weighted by Gasteiger charge is 2.35. The van der Waals surface area contributed by atoms with Crippen LogP contribution in [0.3, 0.4) is 0 Å². The molecule has 0 aromatic heterocycles. The lowest BCUT2D eigenvalue weighted by molar-refractivity contribution is -0.118. The lowest BCUT2D eigenvalue weighted by atomic mass is 10.0. The highest BCUT2D eigenvalue weighted by molar-refractivity contribution is 9.10. The van der Waals surface area contributed by atoms with Gasteiger partial charge >= 0.3 is 0 Å². The van der Waals surface area contributed by atoms with Crippen LogP contribution in [0, 0.1) is 5.92 Å². The number of nitrogens with zero attached hydrogens (tertiary/aromatic N) is 3. The Balaban J connectivity index is 1.51. The first-order valence-electron chi connectivity index (χ1n) is 13.2. The SMILES string of the molecule is CC1CCN(S(=O)(=O)c2cc(C(=O)N3c4ccccc4N(Cc4ccccc4)C(=O)CC3C)ccc2Br)CC1. The Hall–Kier alpha value is -3.01. The van der Waals surface area contributed by atoms with E-state index in [-0.39, 0.29) is 28.7 Å². The molecule has 2 heterocycles. The molecule has 2 aliphatic rings. The van der Waals surface area contributed by atoms with Crippen LogP contribution in [0.1, 0.15) is 49.0 Å². The van der Waals surface area contributed by atoms with E-state index in [9.17, 15) is 18.0 Å². The maximum Gasteiger partial charge on any atom is 0.258 e. The van der Waals surface area contributed by atoms with Gasteiger partial charge in [-0.05, 0) is 77.5 Å². The van der Waals surface area contributed by atoms with E-state index in [0.717, 1.165) is 18.4 Å². The molecule has 0 bridgehead atoms. The van der Waals surface area contributed by atoms with Crippen molar-refractivity contribution in [3.05, 3.63) is 88.4 Å². The smallest absolute Gasteiger partial charge is 0.258 e. The summed E-state index contributed by atoms with van der Waals surface area (Å²) >= 11 is 3.41. The van der Waals surface area contributed by atoms with Crippen molar-refractivity contribution in [1.29, 1.82) is 0 Å². The Morgan fingerprint density at radius 2 is 1.56 bits per heavy atom. The number of para-hydroxylation sites is 2. The number of hydrogen-bond acceptors (Lipinski definition) is 4. The summed E-state index contributed by atoms with van der Waals surface area (Å²) in [5, 5.41) is 0. The molecule has 1 fully saturated rings. The Morgan fingerprint density at radius 3 is 2.26 bits per heavy atom. The molecule has 5 rings (SSSR count). The molecule has 2 amide bonds. The van der Waals surface area contributed by atoms with Crippen LogP contribution in [0.4, 0.5) is 11.4 Å². The Bertz CT molecular complexity index is 1490. The Labute approximate surface area is 238 Å². The van der Waals surface area contributed by atoms with Gasteiger partial charge in [-0.25, -0.2) is 8.42 Å². The minimum atomic E-state index is -3.78. The van der Waals surface area contributed by atoms with Gasteiger partial charge in [0.2, 0.25) is 15.9 Å². The first-order chi connectivity index (χ1) is 18.7. The van der Waals surface area contributed by atoms with Crippen molar-refractivity contribution >= 4 is 49.1 Å². The van der Waals surface area contributed by atoms with Crippen LogP contribution in [0.15, 0.2) is 82.2 Å². The molecule has 7 nitrogen and oxygen atoms in total. The number of fused-ring (bicyclic) bond motifs is 1. The number of hydrogen-bond donors (Lipinski definition) is 0. The van der Waals surface area contributed by atoms with Gasteiger partial charge in [-0.1, -0.05) is 49.4 Å². The summed E-state index contributed by atoms with van der Waals surface area (Å²) in [6.45, 7) is 5.30. The molecule has 3 aromatic rings. The molecule has 0 N–H and O–H groups in total. The van der Waals surface area contributed by atoms with Gasteiger partial charge in [0.15, 0.2) is 0 Å². The first-order valence-corrected chi connectivity index (χ1v) is 15.5. The fourth-order valence-electron chi connectivity index (χ4n) is 5.31. The number of anilines is 2. The summed E-state index contributed by atoms with van der Waals surface area (Å²) in [6.07, 6.45) is 1.76. The third-order valence-electron chi connectivity index (χ3n) is 7.58. The van der Waals surface area contributed by atoms with E-state index in [2.05, 4.69) is 22.9 Å². The van der Waals surface area contributed by atoms with Crippen LogP contribution >= 0.6 is 15.9 Å². The lowest BCUT2D eigenvalue weighted by Crippen LogP contribution is -2.40. The average Bonchev–Trinajstić information content (AvgIpc) is 3.02. The molecule has 1 atom stereocenters. The summed E-state index contributed by atoms with van der Waals surface area (Å²) in [5.41, 5.74) is 2.52. The monoisotopic (exact) mass is 609 g/mol. The van der Waals surface area contributed by atoms with Crippen molar-refractivity contribution in [2.45, 2.75) is 50.6 Å². The van der Waals surface area contributed by atoms with E-state index in [4.69, 9.17) is 0 Å². The number of rotatable bonds is 5. The fourth-order valence-corrected chi connectivity index (χ4v) is 7.73. The van der Waals surface area contributed by atoms with Crippen LogP contribution in [-0.4, -0.2) is 43.7 Å². The molecular weight excluding hydrogens is 578 g/mol. The third kappa shape index (κ3) is 5.53. The van der Waals surface area contributed by atoms with E-state index < -0.39 is 16.1 Å². The zero-order valence-electron chi connectivity index (χ0n) is 22.1. The lowest BCUT2D eigenvalue weighted by Gasteiger charge is -2.30. The minimum Gasteiger partial charge on any atom is -0.306 e. The molecule has 2 aliphatic heterocycles. The van der Waals surface area contributed by atoms with Gasteiger partial charge in [0.25, 0.3) is 5.91 Å². The van der Waals surface area contributed by atoms with Gasteiger partial charge in [-0.3, -0.25) is 9.59 Å². The summed E-state index contributed by atoms with van der Waals surface area (Å²) in [7, 11) is -3.78. The van der Waals surface area contributed by atoms with Gasteiger partial charge in [-0.2, -0.15) is 4.31 Å². The van der Waals surface area contributed by atoms with E-state index in [0.29, 0.717) is 41.4 Å². The van der Waals surface area contributed by atoms with Crippen molar-refractivity contribution in [2.24, 2.45) is 5.92 Å². The molecule has 9 heteroatoms. The van der Waals surface area contributed by atoms with Crippen molar-refractivity contribution in [3.8, 4) is 0 Å². The number of benzene rings is 3. The molecule has 39 heavy (non-hydrogen) atoms. The molecule has 1 saturated heterocycles. The Morgan fingerprint density at radius 1 is 0.923 bits per heavy atom. The predicted octanol–water partition coefficient (Wildman–Crippen LogP) is 5.84. The largest absolute Gasteiger partial charge is 0.306 e. The number of carbonyl (C=O) groups is 2. The maximum absolute atomic E-state index is 14.1. The van der Waals surface area contributed by atoms with Crippen LogP contribution in [0.5, 0.6) is 0 Å². The molecule has 0 saturated carbocycles. The second kappa shape index (κ2) is 11.2.